The van der Waals surface area contributed by atoms with E-state index >= 15 is 0 Å². The van der Waals surface area contributed by atoms with Crippen LogP contribution in [0.15, 0.2) is 0 Å². The van der Waals surface area contributed by atoms with Gasteiger partial charge in [0.2, 0.25) is 0 Å². The predicted octanol–water partition coefficient (Wildman–Crippen LogP) is 2.40. The van der Waals surface area contributed by atoms with E-state index in [-0.39, 0.29) is 42.8 Å². The molecule has 2 N–H and O–H groups in total. The first-order valence-electron chi connectivity index (χ1n) is 1.81. The van der Waals surface area contributed by atoms with Crippen molar-refractivity contribution in [1.29, 1.82) is 10.8 Å². The Kier molecular flexibility index (Phi) is 48900. The predicted molar refractivity (Wildman–Crippen MR) is 56.4 cm³/mol. The molecule has 0 radical (unpaired) electrons. The summed E-state index contributed by atoms with van der Waals surface area (Å²) in [5.74, 6) is 0. The molecule has 0 bridgehead atoms. The Hall–Kier alpha value is -1.50. The molecule has 0 saturated heterocycles. The zero-order chi connectivity index (χ0) is 8.71. The molecular weight excluding hydrogens is 188 g/mol. The van der Waals surface area contributed by atoms with Crippen LogP contribution >= 0.6 is 0 Å². The fourth-order valence-corrected chi connectivity index (χ4v) is 0. The van der Waals surface area contributed by atoms with E-state index in [0.717, 1.165) is 0 Å². The van der Waals surface area contributed by atoms with Gasteiger partial charge >= 0.3 is 17.5 Å². The van der Waals surface area contributed by atoms with E-state index in [4.69, 9.17) is 25.0 Å². The summed E-state index contributed by atoms with van der Waals surface area (Å²) in [7, 11) is 0. The summed E-state index contributed by atoms with van der Waals surface area (Å²) >= 11 is 0. The Morgan fingerprint density at radius 1 is 1.00 bits per heavy atom. The number of nitrogens with zero attached hydrogens (tertiary/aromatic N) is 2. The van der Waals surface area contributed by atoms with Crippen LogP contribution < -0.4 is 0 Å². The molecule has 6 heteroatoms. The van der Waals surface area contributed by atoms with E-state index in [1.54, 1.807) is 0 Å². The fraction of sp³-hybridized carbons (Fsp3) is 0.750. The second-order valence-electron chi connectivity index (χ2n) is 0.0833. The topological polar surface area (TPSA) is 133 Å². The van der Waals surface area contributed by atoms with Crippen LogP contribution in [0.2, 0.25) is 0 Å². The van der Waals surface area contributed by atoms with E-state index in [9.17, 15) is 0 Å². The van der Waals surface area contributed by atoms with E-state index in [2.05, 4.69) is 6.65 Å². The van der Waals surface area contributed by atoms with Crippen molar-refractivity contribution in [1.82, 2.24) is 0 Å². The first kappa shape index (κ1) is 135. The molecule has 0 atom stereocenters. The summed E-state index contributed by atoms with van der Waals surface area (Å²) in [5.41, 5.74) is 0. The molecule has 0 rings (SSSR count). The molecule has 0 fully saturated rings. The summed E-state index contributed by atoms with van der Waals surface area (Å²) in [4.78, 5) is 16.2. The van der Waals surface area contributed by atoms with Crippen LogP contribution in [-0.2, 0) is 14.2 Å². The van der Waals surface area contributed by atoms with Gasteiger partial charge in [0.05, 0.1) is 0 Å². The molecule has 0 aliphatic rings. The number of hydrogen-bond donors (Lipinski definition) is 0. The second-order valence-corrected chi connectivity index (χ2v) is 0.0833. The Balaban J connectivity index is -0.00000000248. The van der Waals surface area contributed by atoms with Gasteiger partial charge in [-0.25, -0.2) is 0 Å². The zero-order valence-electron chi connectivity index (χ0n) is 5.62. The molecule has 0 saturated carbocycles. The van der Waals surface area contributed by atoms with Gasteiger partial charge < -0.3 is 5.48 Å². The quantitative estimate of drug-likeness (QED) is 0.348. The van der Waals surface area contributed by atoms with E-state index in [1.165, 1.54) is 0 Å². The van der Waals surface area contributed by atoms with Crippen molar-refractivity contribution in [3.8, 4) is 0 Å². The van der Waals surface area contributed by atoms with Crippen molar-refractivity contribution in [3.63, 3.8) is 0 Å². The zero-order valence-corrected chi connectivity index (χ0v) is 5.62. The van der Waals surface area contributed by atoms with Crippen LogP contribution in [0.25, 0.3) is 0 Å². The van der Waals surface area contributed by atoms with Crippen molar-refractivity contribution < 1.29 is 21.1 Å². The average molecular weight is 215 g/mol. The number of hydrogen-bond acceptors (Lipinski definition) is 4. The fourth-order valence-electron chi connectivity index (χ4n) is 0. The maximum absolute atomic E-state index is 8.12. The van der Waals surface area contributed by atoms with Crippen LogP contribution in [0.4, 0.5) is 0 Å². The molecule has 0 aliphatic carbocycles. The van der Waals surface area contributed by atoms with Crippen LogP contribution in [-0.4, -0.2) is 11.6 Å². The molecule has 0 unspecified atom stereocenters. The molecule has 0 aromatic carbocycles. The molecule has 0 aromatic rings. The Morgan fingerprint density at radius 3 is 1.00 bits per heavy atom. The normalized spacial score (nSPS) is 1.29. The van der Waals surface area contributed by atoms with Gasteiger partial charge in [0.25, 0.3) is 0 Å². The number of carbonyl (C=O) groups excluding carboxylic acids is 2. The Morgan fingerprint density at radius 2 is 1.00 bits per heavy atom. The van der Waals surface area contributed by atoms with Crippen LogP contribution in [0.3, 0.4) is 0 Å². The molecule has 0 aromatic heterocycles. The summed E-state index contributed by atoms with van der Waals surface area (Å²) < 4.78 is 7.50. The summed E-state index contributed by atoms with van der Waals surface area (Å²) in [5, 5.41) is 12.0. The first-order chi connectivity index (χ1) is 4.41. The third-order valence-electron chi connectivity index (χ3n) is 0. The maximum atomic E-state index is 8.12. The molecule has 0 spiro atoms. The van der Waals surface area contributed by atoms with E-state index < -0.39 is 0 Å². The van der Waals surface area contributed by atoms with Gasteiger partial charge in [-0.05, 0) is 0 Å². The minimum absolute atomic E-state index is 0. The molecule has 92 valence electrons. The SMILES string of the molecule is C.C.C.C.CC.N#N.O.O=C=O.[2HH].[C-]#[O+]. The van der Waals surface area contributed by atoms with Crippen molar-refractivity contribution in [2.24, 2.45) is 0 Å². The van der Waals surface area contributed by atoms with Gasteiger partial charge in [-0.1, -0.05) is 43.6 Å². The first-order valence-corrected chi connectivity index (χ1v) is 1.81. The van der Waals surface area contributed by atoms with Gasteiger partial charge in [0, 0.05) is 12.2 Å². The van der Waals surface area contributed by atoms with E-state index in [0.29, 0.717) is 0 Å². The van der Waals surface area contributed by atoms with Gasteiger partial charge in [-0.2, -0.15) is 9.59 Å². The van der Waals surface area contributed by atoms with Crippen LogP contribution in [0, 0.1) is 17.4 Å². The molecule has 0 heterocycles. The minimum atomic E-state index is 0. The van der Waals surface area contributed by atoms with Crippen LogP contribution in [0.1, 0.15) is 45.0 Å². The molecule has 0 aliphatic heterocycles. The van der Waals surface area contributed by atoms with Gasteiger partial charge in [0.15, 0.2) is 0 Å². The third kappa shape index (κ3) is 421. The number of rotatable bonds is 0. The third-order valence-corrected chi connectivity index (χ3v) is 0. The van der Waals surface area contributed by atoms with Gasteiger partial charge in [-0.3, -0.25) is 0 Å². The average Bonchev–Trinajstić information content (AvgIpc) is 2.01. The van der Waals surface area contributed by atoms with Crippen molar-refractivity contribution in [3.05, 3.63) is 6.65 Å². The summed E-state index contributed by atoms with van der Waals surface area (Å²) in [6, 6.07) is 0. The van der Waals surface area contributed by atoms with Crippen molar-refractivity contribution in [2.45, 2.75) is 43.6 Å². The molecule has 0 amide bonds. The Labute approximate surface area is 89.3 Å². The van der Waals surface area contributed by atoms with Crippen LogP contribution in [0.5, 0.6) is 0 Å². The van der Waals surface area contributed by atoms with Gasteiger partial charge in [0.1, 0.15) is 0 Å². The molecule has 6 nitrogen and oxygen atoms in total. The van der Waals surface area contributed by atoms with Gasteiger partial charge in [-0.15, -0.1) is 0 Å². The second kappa shape index (κ2) is 5070. The summed E-state index contributed by atoms with van der Waals surface area (Å²) in [6.45, 7) is 8.50. The Bertz CT molecular complexity index is 85.1. The standard InChI is InChI=1S/C2H6.CO2.CO.4CH4.N2.H2O.H2/c1-2;2-1-3;1-2;;;;;1-2;;/h1-2H3;;;4*1H4;;1H2;1H/i;;;;;;;;;1+1. The monoisotopic (exact) mass is 215 g/mol. The van der Waals surface area contributed by atoms with Crippen molar-refractivity contribution in [2.75, 3.05) is 0 Å². The van der Waals surface area contributed by atoms with Crippen molar-refractivity contribution >= 4 is 6.15 Å². The van der Waals surface area contributed by atoms with E-state index in [1.807, 2.05) is 13.8 Å². The summed E-state index contributed by atoms with van der Waals surface area (Å²) in [6.07, 6.45) is 0.250. The molecular formula is C8H26N2O4. The molecule has 14 heavy (non-hydrogen) atoms.